The summed E-state index contributed by atoms with van der Waals surface area (Å²) in [6, 6.07) is 124. The largest absolute Gasteiger partial charge is 0.396 e. The van der Waals surface area contributed by atoms with Crippen molar-refractivity contribution in [3.63, 3.8) is 0 Å². The number of aliphatic hydroxyl groups is 5. The van der Waals surface area contributed by atoms with Gasteiger partial charge in [0.15, 0.2) is 0 Å². The van der Waals surface area contributed by atoms with Gasteiger partial charge in [-0.25, -0.2) is 0 Å². The van der Waals surface area contributed by atoms with Gasteiger partial charge in [-0.15, -0.1) is 11.6 Å². The van der Waals surface area contributed by atoms with Crippen molar-refractivity contribution in [2.24, 2.45) is 10.8 Å². The van der Waals surface area contributed by atoms with Gasteiger partial charge in [-0.1, -0.05) is 364 Å². The Balaban J connectivity index is 0.000000301. The normalized spacial score (nSPS) is 11.9. The number of benzene rings is 12. The second-order valence-electron chi connectivity index (χ2n) is 26.8. The van der Waals surface area contributed by atoms with Gasteiger partial charge in [-0.2, -0.15) is 0 Å². The van der Waals surface area contributed by atoms with Crippen LogP contribution in [0.3, 0.4) is 0 Å². The van der Waals surface area contributed by atoms with E-state index in [1.54, 1.807) is 0 Å². The molecule has 0 aliphatic rings. The van der Waals surface area contributed by atoms with E-state index in [-0.39, 0.29) is 66.1 Å². The molecule has 0 spiro atoms. The molecule has 0 heterocycles. The highest BCUT2D eigenvalue weighted by atomic mass is 35.5. The van der Waals surface area contributed by atoms with E-state index < -0.39 is 59.7 Å². The summed E-state index contributed by atoms with van der Waals surface area (Å²) in [7, 11) is 0. The maximum atomic E-state index is 11.4. The molecule has 12 aromatic rings. The number of hydrogen-bond acceptors (Lipinski definition) is 13. The summed E-state index contributed by atoms with van der Waals surface area (Å²) >= 11 is 5.69. The second-order valence-corrected chi connectivity index (χ2v) is 27.1. The van der Waals surface area contributed by atoms with Crippen LogP contribution in [0.2, 0.25) is 0 Å². The molecule has 0 unspecified atom stereocenters. The molecule has 0 bridgehead atoms. The molecule has 0 saturated carbocycles. The van der Waals surface area contributed by atoms with Crippen molar-refractivity contribution in [2.75, 3.05) is 118 Å². The summed E-state index contributed by atoms with van der Waals surface area (Å²) in [4.78, 5) is 0. The average Bonchev–Trinajstić information content (AvgIpc) is 0.779. The lowest BCUT2D eigenvalue weighted by Gasteiger charge is -2.37. The van der Waals surface area contributed by atoms with Gasteiger partial charge in [0.1, 0.15) is 22.4 Å². The van der Waals surface area contributed by atoms with E-state index in [9.17, 15) is 5.11 Å². The molecule has 13 nitrogen and oxygen atoms in total. The van der Waals surface area contributed by atoms with Crippen LogP contribution in [0, 0.1) is 10.8 Å². The molecule has 0 atom stereocenters. The first-order valence-corrected chi connectivity index (χ1v) is 37.9. The molecule has 14 heteroatoms. The predicted octanol–water partition coefficient (Wildman–Crippen LogP) is 16.2. The average molecular weight is 1500 g/mol. The zero-order chi connectivity index (χ0) is 76.7. The number of rotatable bonds is 41. The first-order valence-electron chi connectivity index (χ1n) is 37.4. The third-order valence-electron chi connectivity index (χ3n) is 19.5. The first-order chi connectivity index (χ1) is 54.2. The van der Waals surface area contributed by atoms with Gasteiger partial charge in [0.25, 0.3) is 0 Å². The maximum Gasteiger partial charge on any atom is 0.143 e. The lowest BCUT2D eigenvalue weighted by atomic mass is 9.80. The molecule has 0 radical (unpaired) electrons. The molecule has 570 valence electrons. The molecular weight excluding hydrogens is 1400 g/mol. The molecule has 12 aromatic carbocycles. The highest BCUT2D eigenvalue weighted by Crippen LogP contribution is 2.45. The van der Waals surface area contributed by atoms with Gasteiger partial charge < -0.3 is 63.4 Å². The van der Waals surface area contributed by atoms with Gasteiger partial charge in [-0.3, -0.25) is 0 Å². The number of alkyl halides is 1. The third kappa shape index (κ3) is 20.9. The van der Waals surface area contributed by atoms with Gasteiger partial charge in [0, 0.05) is 5.88 Å². The highest BCUT2D eigenvalue weighted by Gasteiger charge is 2.42. The van der Waals surface area contributed by atoms with Crippen molar-refractivity contribution >= 4 is 11.6 Å². The molecule has 0 aliphatic carbocycles. The fourth-order valence-corrected chi connectivity index (χ4v) is 13.8. The third-order valence-corrected chi connectivity index (χ3v) is 19.6. The van der Waals surface area contributed by atoms with E-state index in [0.29, 0.717) is 25.7 Å². The summed E-state index contributed by atoms with van der Waals surface area (Å²) in [6.07, 6.45) is 0. The van der Waals surface area contributed by atoms with Gasteiger partial charge in [0.05, 0.1) is 123 Å². The lowest BCUT2D eigenvalue weighted by molar-refractivity contribution is -0.118. The Morgan fingerprint density at radius 1 is 0.182 bits per heavy atom. The molecule has 110 heavy (non-hydrogen) atoms. The predicted molar refractivity (Wildman–Crippen MR) is 435 cm³/mol. The minimum absolute atomic E-state index is 0.132. The Labute approximate surface area is 653 Å². The summed E-state index contributed by atoms with van der Waals surface area (Å²) in [5.41, 5.74) is 6.84. The van der Waals surface area contributed by atoms with Crippen LogP contribution in [-0.2, 0) is 60.3 Å². The summed E-state index contributed by atoms with van der Waals surface area (Å²) in [6.45, 7) is 1.49. The fraction of sp³-hybridized carbons (Fsp3) is 0.250. The molecule has 0 aliphatic heterocycles. The number of ether oxygens (including phenoxy) is 8. The van der Waals surface area contributed by atoms with Gasteiger partial charge in [0.2, 0.25) is 0 Å². The van der Waals surface area contributed by atoms with Crippen LogP contribution >= 0.6 is 11.6 Å². The Bertz CT molecular complexity index is 3660. The second kappa shape index (κ2) is 43.7. The van der Waals surface area contributed by atoms with E-state index >= 15 is 0 Å². The van der Waals surface area contributed by atoms with Crippen LogP contribution < -0.4 is 0 Å². The number of halogens is 1. The zero-order valence-electron chi connectivity index (χ0n) is 62.2. The van der Waals surface area contributed by atoms with E-state index in [4.69, 9.17) is 69.9 Å². The first kappa shape index (κ1) is 82.9. The van der Waals surface area contributed by atoms with Crippen LogP contribution in [-0.4, -0.2) is 144 Å². The van der Waals surface area contributed by atoms with E-state index in [1.807, 2.05) is 218 Å². The maximum absolute atomic E-state index is 11.4. The van der Waals surface area contributed by atoms with Crippen LogP contribution in [0.25, 0.3) is 0 Å². The molecule has 5 N–H and O–H groups in total. The van der Waals surface area contributed by atoms with Crippen LogP contribution in [0.1, 0.15) is 66.8 Å². The summed E-state index contributed by atoms with van der Waals surface area (Å²) in [5, 5.41) is 45.4. The summed E-state index contributed by atoms with van der Waals surface area (Å²) < 4.78 is 52.9. The zero-order valence-corrected chi connectivity index (χ0v) is 63.0. The Hall–Kier alpha value is -9.59. The van der Waals surface area contributed by atoms with Crippen molar-refractivity contribution in [1.82, 2.24) is 0 Å². The molecule has 12 rings (SSSR count). The standard InChI is InChI=1S/C68H66O7.C23H23ClO2.C5H12O4/c69-52-65(53-70-46-49-73-66(56-28-10-1-11-29-56,57-30-12-2-13-31-57)58-32-14-3-15-33-58,54-71-47-50-74-67(59-34-16-4-17-35-59,60-36-18-5-19-37-60)61-38-20-6-21-39-61)55-72-48-51-75-68(62-40-22-7-23-41-62,63-42-24-8-25-43-63)64-44-26-9-27-45-64;24-16-17-25-18-19-26-23(20-10-4-1-5-11-20,21-12-6-2-7-13-21)22-14-8-3-9-15-22;6-1-5(2-7,3-8)4-9/h1-45,69H,46-55H2;1-15H,16-19H2;6-9H,1-4H2. The van der Waals surface area contributed by atoms with Crippen LogP contribution in [0.15, 0.2) is 364 Å². The van der Waals surface area contributed by atoms with Crippen molar-refractivity contribution < 1.29 is 63.4 Å². The fourth-order valence-electron chi connectivity index (χ4n) is 13.7. The van der Waals surface area contributed by atoms with Crippen molar-refractivity contribution in [3.05, 3.63) is 431 Å². The molecule has 0 saturated heterocycles. The molecule has 0 fully saturated rings. The Kier molecular flexibility index (Phi) is 32.9. The molecular formula is C96H101ClO13. The number of aliphatic hydroxyl groups excluding tert-OH is 5. The van der Waals surface area contributed by atoms with Crippen molar-refractivity contribution in [2.45, 2.75) is 22.4 Å². The quantitative estimate of drug-likeness (QED) is 0.0139. The topological polar surface area (TPSA) is 175 Å². The van der Waals surface area contributed by atoms with Crippen molar-refractivity contribution in [1.29, 1.82) is 0 Å². The Morgan fingerprint density at radius 3 is 0.455 bits per heavy atom. The molecule has 0 amide bonds. The van der Waals surface area contributed by atoms with Gasteiger partial charge >= 0.3 is 0 Å². The van der Waals surface area contributed by atoms with Crippen LogP contribution in [0.5, 0.6) is 0 Å². The smallest absolute Gasteiger partial charge is 0.143 e. The highest BCUT2D eigenvalue weighted by molar-refractivity contribution is 6.18. The monoisotopic (exact) mass is 1500 g/mol. The molecule has 0 aromatic heterocycles. The van der Waals surface area contributed by atoms with E-state index in [0.717, 1.165) is 66.8 Å². The number of hydrogen-bond donors (Lipinski definition) is 5. The van der Waals surface area contributed by atoms with Crippen LogP contribution in [0.4, 0.5) is 0 Å². The Morgan fingerprint density at radius 2 is 0.327 bits per heavy atom. The summed E-state index contributed by atoms with van der Waals surface area (Å²) in [5.74, 6) is 0.487. The van der Waals surface area contributed by atoms with Crippen molar-refractivity contribution in [3.8, 4) is 0 Å². The lowest BCUT2D eigenvalue weighted by Crippen LogP contribution is -2.42. The van der Waals surface area contributed by atoms with E-state index in [2.05, 4.69) is 146 Å². The minimum atomic E-state index is -1.11. The van der Waals surface area contributed by atoms with E-state index in [1.165, 1.54) is 0 Å². The minimum Gasteiger partial charge on any atom is -0.396 e. The van der Waals surface area contributed by atoms with Gasteiger partial charge in [-0.05, 0) is 66.8 Å². The SMILES string of the molecule is ClCCOCCOC(c1ccccc1)(c1ccccc1)c1ccccc1.OCC(CO)(CO)CO.OCC(COCCOC(c1ccccc1)(c1ccccc1)c1ccccc1)(COCCOC(c1ccccc1)(c1ccccc1)c1ccccc1)COCCOC(c1ccccc1)(c1ccccc1)c1ccccc1.